The van der Waals surface area contributed by atoms with Crippen molar-refractivity contribution in [3.05, 3.63) is 95.7 Å². The van der Waals surface area contributed by atoms with E-state index in [1.165, 1.54) is 30.0 Å². The third-order valence-electron chi connectivity index (χ3n) is 5.20. The first-order chi connectivity index (χ1) is 15.3. The Morgan fingerprint density at radius 3 is 2.28 bits per heavy atom. The van der Waals surface area contributed by atoms with Crippen molar-refractivity contribution in [2.24, 2.45) is 0 Å². The summed E-state index contributed by atoms with van der Waals surface area (Å²) in [5.41, 5.74) is 1.89. The van der Waals surface area contributed by atoms with Crippen LogP contribution in [0.2, 0.25) is 0 Å². The van der Waals surface area contributed by atoms with Crippen molar-refractivity contribution in [2.45, 2.75) is 11.8 Å². The van der Waals surface area contributed by atoms with Gasteiger partial charge in [-0.15, -0.1) is 0 Å². The quantitative estimate of drug-likeness (QED) is 0.461. The van der Waals surface area contributed by atoms with Gasteiger partial charge in [-0.05, 0) is 42.8 Å². The molecule has 0 radical (unpaired) electrons. The van der Waals surface area contributed by atoms with Gasteiger partial charge in [0, 0.05) is 17.1 Å². The van der Waals surface area contributed by atoms with Crippen LogP contribution in [0.25, 0.3) is 10.9 Å². The van der Waals surface area contributed by atoms with Crippen LogP contribution in [-0.2, 0) is 14.8 Å². The predicted molar refractivity (Wildman–Crippen MR) is 121 cm³/mol. The van der Waals surface area contributed by atoms with E-state index < -0.39 is 21.9 Å². The van der Waals surface area contributed by atoms with Gasteiger partial charge in [-0.1, -0.05) is 42.5 Å². The average Bonchev–Trinajstić information content (AvgIpc) is 3.20. The van der Waals surface area contributed by atoms with Crippen LogP contribution >= 0.6 is 0 Å². The number of carbonyl (C=O) groups excluding carboxylic acids is 2. The monoisotopic (exact) mass is 448 g/mol. The van der Waals surface area contributed by atoms with Crippen molar-refractivity contribution in [2.75, 3.05) is 11.8 Å². The summed E-state index contributed by atoms with van der Waals surface area (Å²) < 4.78 is 34.2. The average molecular weight is 449 g/mol. The molecule has 3 aromatic carbocycles. The second-order valence-electron chi connectivity index (χ2n) is 7.12. The molecule has 162 valence electrons. The van der Waals surface area contributed by atoms with Crippen LogP contribution in [0, 0.1) is 6.92 Å². The van der Waals surface area contributed by atoms with Gasteiger partial charge in [-0.25, -0.2) is 13.2 Å². The van der Waals surface area contributed by atoms with Crippen LogP contribution in [0.4, 0.5) is 5.69 Å². The molecule has 4 rings (SSSR count). The molecule has 0 bridgehead atoms. The number of benzene rings is 3. The molecule has 32 heavy (non-hydrogen) atoms. The largest absolute Gasteiger partial charge is 0.465 e. The molecule has 0 fully saturated rings. The van der Waals surface area contributed by atoms with Crippen molar-refractivity contribution in [1.82, 2.24) is 4.57 Å². The second kappa shape index (κ2) is 8.32. The maximum atomic E-state index is 13.4. The molecule has 0 aliphatic carbocycles. The Morgan fingerprint density at radius 1 is 0.875 bits per heavy atom. The van der Waals surface area contributed by atoms with Crippen molar-refractivity contribution in [3.8, 4) is 0 Å². The van der Waals surface area contributed by atoms with Crippen molar-refractivity contribution < 1.29 is 22.7 Å². The van der Waals surface area contributed by atoms with Gasteiger partial charge in [0.2, 0.25) is 0 Å². The molecular formula is C24H20N2O5S. The van der Waals surface area contributed by atoms with Crippen LogP contribution in [0.1, 0.15) is 26.3 Å². The zero-order valence-electron chi connectivity index (χ0n) is 17.4. The van der Waals surface area contributed by atoms with E-state index in [9.17, 15) is 18.0 Å². The van der Waals surface area contributed by atoms with Gasteiger partial charge in [-0.3, -0.25) is 14.1 Å². The highest BCUT2D eigenvalue weighted by molar-refractivity contribution is 7.92. The Balaban J connectivity index is 1.76. The summed E-state index contributed by atoms with van der Waals surface area (Å²) in [6.45, 7) is 1.67. The number of para-hydroxylation sites is 1. The molecular weight excluding hydrogens is 428 g/mol. The molecule has 0 aliphatic heterocycles. The fraction of sp³-hybridized carbons (Fsp3) is 0.0833. The Bertz CT molecular complexity index is 1440. The molecule has 1 heterocycles. The number of hydrogen-bond acceptors (Lipinski definition) is 5. The highest BCUT2D eigenvalue weighted by Gasteiger charge is 2.22. The first-order valence-electron chi connectivity index (χ1n) is 9.74. The number of hydrogen-bond donors (Lipinski definition) is 1. The lowest BCUT2D eigenvalue weighted by Crippen LogP contribution is -2.17. The van der Waals surface area contributed by atoms with E-state index in [0.29, 0.717) is 27.7 Å². The number of methoxy groups -OCH3 is 1. The number of carbonyl (C=O) groups is 2. The molecule has 8 heteroatoms. The van der Waals surface area contributed by atoms with Gasteiger partial charge in [0.05, 0.1) is 28.8 Å². The lowest BCUT2D eigenvalue weighted by molar-refractivity contribution is 0.0603. The summed E-state index contributed by atoms with van der Waals surface area (Å²) in [7, 11) is -2.54. The Morgan fingerprint density at radius 2 is 1.56 bits per heavy atom. The number of aromatic nitrogens is 1. The molecule has 0 amide bonds. The fourth-order valence-electron chi connectivity index (χ4n) is 3.53. The summed E-state index contributed by atoms with van der Waals surface area (Å²) in [6.07, 6.45) is 1.44. The van der Waals surface area contributed by atoms with Crippen molar-refractivity contribution in [1.29, 1.82) is 0 Å². The van der Waals surface area contributed by atoms with Crippen LogP contribution in [-0.4, -0.2) is 32.0 Å². The molecule has 1 N–H and O–H groups in total. The van der Waals surface area contributed by atoms with E-state index in [4.69, 9.17) is 4.74 Å². The van der Waals surface area contributed by atoms with Crippen LogP contribution in [0.3, 0.4) is 0 Å². The SMILES string of the molecule is COC(=O)c1cn(C(=O)c2cccc(NS(=O)(=O)c3ccccc3)c2C)c2ccccc12. The van der Waals surface area contributed by atoms with Gasteiger partial charge in [-0.2, -0.15) is 0 Å². The molecule has 0 unspecified atom stereocenters. The normalized spacial score (nSPS) is 11.3. The molecule has 0 saturated carbocycles. The molecule has 0 atom stereocenters. The summed E-state index contributed by atoms with van der Waals surface area (Å²) in [6, 6.07) is 19.8. The number of nitrogens with one attached hydrogen (secondary N) is 1. The molecule has 0 spiro atoms. The minimum atomic E-state index is -3.82. The first-order valence-corrected chi connectivity index (χ1v) is 11.2. The number of nitrogens with zero attached hydrogens (tertiary/aromatic N) is 1. The van der Waals surface area contributed by atoms with E-state index in [1.807, 2.05) is 0 Å². The van der Waals surface area contributed by atoms with Crippen molar-refractivity contribution >= 4 is 38.5 Å². The topological polar surface area (TPSA) is 94.5 Å². The van der Waals surface area contributed by atoms with E-state index in [-0.39, 0.29) is 10.5 Å². The van der Waals surface area contributed by atoms with Gasteiger partial charge < -0.3 is 4.74 Å². The standard InChI is InChI=1S/C24H20N2O5S/c1-16-18(12-8-13-21(16)25-32(29,30)17-9-4-3-5-10-17)23(27)26-15-20(24(28)31-2)19-11-6-7-14-22(19)26/h3-15,25H,1-2H3. The number of fused-ring (bicyclic) bond motifs is 1. The Kier molecular flexibility index (Phi) is 5.54. The third-order valence-corrected chi connectivity index (χ3v) is 6.58. The zero-order valence-corrected chi connectivity index (χ0v) is 18.2. The molecule has 7 nitrogen and oxygen atoms in total. The smallest absolute Gasteiger partial charge is 0.340 e. The van der Waals surface area contributed by atoms with Gasteiger partial charge >= 0.3 is 5.97 Å². The predicted octanol–water partition coefficient (Wildman–Crippen LogP) is 4.23. The van der Waals surface area contributed by atoms with Gasteiger partial charge in [0.25, 0.3) is 15.9 Å². The summed E-state index contributed by atoms with van der Waals surface area (Å²) in [4.78, 5) is 25.7. The highest BCUT2D eigenvalue weighted by Crippen LogP contribution is 2.27. The highest BCUT2D eigenvalue weighted by atomic mass is 32.2. The molecule has 0 saturated heterocycles. The fourth-order valence-corrected chi connectivity index (χ4v) is 4.68. The molecule has 0 aliphatic rings. The number of rotatable bonds is 5. The number of anilines is 1. The third kappa shape index (κ3) is 3.76. The van der Waals surface area contributed by atoms with Crippen LogP contribution in [0.5, 0.6) is 0 Å². The number of sulfonamides is 1. The second-order valence-corrected chi connectivity index (χ2v) is 8.81. The van der Waals surface area contributed by atoms with E-state index in [1.54, 1.807) is 67.6 Å². The molecule has 4 aromatic rings. The van der Waals surface area contributed by atoms with E-state index in [0.717, 1.165) is 0 Å². The summed E-state index contributed by atoms with van der Waals surface area (Å²) in [5.74, 6) is -0.941. The minimum Gasteiger partial charge on any atom is -0.465 e. The Labute approximate surface area is 185 Å². The van der Waals surface area contributed by atoms with E-state index >= 15 is 0 Å². The molecule has 1 aromatic heterocycles. The lowest BCUT2D eigenvalue weighted by atomic mass is 10.1. The summed E-state index contributed by atoms with van der Waals surface area (Å²) >= 11 is 0. The van der Waals surface area contributed by atoms with Crippen LogP contribution in [0.15, 0.2) is 83.9 Å². The van der Waals surface area contributed by atoms with Crippen molar-refractivity contribution in [3.63, 3.8) is 0 Å². The van der Waals surface area contributed by atoms with Gasteiger partial charge in [0.1, 0.15) is 0 Å². The Hall–Kier alpha value is -3.91. The maximum Gasteiger partial charge on any atom is 0.340 e. The maximum absolute atomic E-state index is 13.4. The number of ether oxygens (including phenoxy) is 1. The zero-order chi connectivity index (χ0) is 22.9. The first kappa shape index (κ1) is 21.3. The van der Waals surface area contributed by atoms with E-state index in [2.05, 4.69) is 4.72 Å². The summed E-state index contributed by atoms with van der Waals surface area (Å²) in [5, 5.41) is 0.589. The van der Waals surface area contributed by atoms with Crippen LogP contribution < -0.4 is 4.72 Å². The van der Waals surface area contributed by atoms with Gasteiger partial charge in [0.15, 0.2) is 0 Å². The minimum absolute atomic E-state index is 0.121. The number of esters is 1. The lowest BCUT2D eigenvalue weighted by Gasteiger charge is -2.14.